The van der Waals surface area contributed by atoms with Crippen molar-refractivity contribution in [2.24, 2.45) is 5.10 Å². The van der Waals surface area contributed by atoms with Crippen molar-refractivity contribution in [1.29, 1.82) is 0 Å². The summed E-state index contributed by atoms with van der Waals surface area (Å²) >= 11 is 0. The molecule has 154 valence electrons. The number of hydrogen-bond donors (Lipinski definition) is 2. The smallest absolute Gasteiger partial charge is 0.280 e. The van der Waals surface area contributed by atoms with Crippen molar-refractivity contribution in [3.05, 3.63) is 94.7 Å². The largest absolute Gasteiger partial charge is 0.455 e. The number of nitrogens with zero attached hydrogens (tertiary/aromatic N) is 2. The van der Waals surface area contributed by atoms with Crippen LogP contribution in [0.4, 0.5) is 11.4 Å². The highest BCUT2D eigenvalue weighted by molar-refractivity contribution is 5.87. The van der Waals surface area contributed by atoms with Crippen molar-refractivity contribution < 1.29 is 14.1 Å². The van der Waals surface area contributed by atoms with Gasteiger partial charge < -0.3 is 9.73 Å². The zero-order valence-electron chi connectivity index (χ0n) is 16.3. The first-order chi connectivity index (χ1) is 15.1. The van der Waals surface area contributed by atoms with Crippen LogP contribution in [-0.4, -0.2) is 23.6 Å². The molecule has 1 heterocycles. The van der Waals surface area contributed by atoms with Crippen LogP contribution in [-0.2, 0) is 4.79 Å². The van der Waals surface area contributed by atoms with E-state index in [4.69, 9.17) is 4.42 Å². The molecule has 0 fully saturated rings. The van der Waals surface area contributed by atoms with Crippen LogP contribution in [0.25, 0.3) is 22.1 Å². The zero-order chi connectivity index (χ0) is 21.6. The third-order valence-corrected chi connectivity index (χ3v) is 4.58. The normalized spacial score (nSPS) is 11.0. The fraction of sp³-hybridized carbons (Fsp3) is 0.0435. The molecule has 0 bridgehead atoms. The van der Waals surface area contributed by atoms with Gasteiger partial charge in [-0.1, -0.05) is 42.5 Å². The molecule has 8 nitrogen and oxygen atoms in total. The molecular formula is C23H18N4O4. The molecule has 1 aromatic heterocycles. The molecular weight excluding hydrogens is 396 g/mol. The number of carbonyl (C=O) groups excluding carboxylic acids is 1. The first-order valence-corrected chi connectivity index (χ1v) is 9.48. The van der Waals surface area contributed by atoms with Crippen molar-refractivity contribution in [3.63, 3.8) is 0 Å². The van der Waals surface area contributed by atoms with E-state index in [0.29, 0.717) is 17.1 Å². The third-order valence-electron chi connectivity index (χ3n) is 4.58. The van der Waals surface area contributed by atoms with Crippen LogP contribution < -0.4 is 10.7 Å². The molecule has 0 spiro atoms. The number of hydrogen-bond acceptors (Lipinski definition) is 6. The topological polar surface area (TPSA) is 110 Å². The van der Waals surface area contributed by atoms with Crippen LogP contribution in [0, 0.1) is 10.1 Å². The van der Waals surface area contributed by atoms with E-state index in [0.717, 1.165) is 16.5 Å². The van der Waals surface area contributed by atoms with E-state index >= 15 is 0 Å². The van der Waals surface area contributed by atoms with Crippen molar-refractivity contribution in [1.82, 2.24) is 5.43 Å². The predicted octanol–water partition coefficient (Wildman–Crippen LogP) is 4.57. The van der Waals surface area contributed by atoms with E-state index in [1.807, 2.05) is 42.5 Å². The average Bonchev–Trinajstić information content (AvgIpc) is 3.26. The summed E-state index contributed by atoms with van der Waals surface area (Å²) in [7, 11) is 0. The number of nitro groups is 1. The van der Waals surface area contributed by atoms with Crippen molar-refractivity contribution >= 4 is 34.3 Å². The number of benzene rings is 3. The van der Waals surface area contributed by atoms with Crippen LogP contribution >= 0.6 is 0 Å². The van der Waals surface area contributed by atoms with Crippen LogP contribution in [0.5, 0.6) is 0 Å². The second kappa shape index (κ2) is 8.91. The molecule has 0 saturated carbocycles. The van der Waals surface area contributed by atoms with Gasteiger partial charge in [0, 0.05) is 11.8 Å². The maximum atomic E-state index is 12.0. The Morgan fingerprint density at radius 3 is 2.61 bits per heavy atom. The van der Waals surface area contributed by atoms with Gasteiger partial charge in [-0.25, -0.2) is 5.43 Å². The Kier molecular flexibility index (Phi) is 5.70. The lowest BCUT2D eigenvalue weighted by Gasteiger charge is -2.06. The van der Waals surface area contributed by atoms with E-state index in [9.17, 15) is 14.9 Å². The highest BCUT2D eigenvalue weighted by atomic mass is 16.6. The van der Waals surface area contributed by atoms with Gasteiger partial charge in [0.15, 0.2) is 0 Å². The summed E-state index contributed by atoms with van der Waals surface area (Å²) in [5.41, 5.74) is 3.57. The number of furan rings is 1. The molecule has 0 aliphatic heterocycles. The number of anilines is 1. The Balaban J connectivity index is 1.33. The lowest BCUT2D eigenvalue weighted by Crippen LogP contribution is -2.25. The minimum atomic E-state index is -0.464. The standard InChI is InChI=1S/C23H18N4O4/c28-23(15-24-18-10-9-16-5-1-2-6-17(16)13-18)26-25-14-19-11-12-22(31-19)20-7-3-4-8-21(20)27(29)30/h1-14,24H,15H2,(H,26,28)/b25-14-. The summed E-state index contributed by atoms with van der Waals surface area (Å²) in [4.78, 5) is 22.7. The molecule has 0 saturated heterocycles. The van der Waals surface area contributed by atoms with E-state index in [2.05, 4.69) is 15.8 Å². The van der Waals surface area contributed by atoms with Crippen molar-refractivity contribution in [3.8, 4) is 11.3 Å². The predicted molar refractivity (Wildman–Crippen MR) is 119 cm³/mol. The van der Waals surface area contributed by atoms with Gasteiger partial charge in [-0.15, -0.1) is 0 Å². The van der Waals surface area contributed by atoms with E-state index in [1.165, 1.54) is 12.3 Å². The van der Waals surface area contributed by atoms with Crippen LogP contribution in [0.2, 0.25) is 0 Å². The van der Waals surface area contributed by atoms with Gasteiger partial charge in [-0.2, -0.15) is 5.10 Å². The second-order valence-electron chi connectivity index (χ2n) is 6.68. The number of nitro benzene ring substituents is 1. The number of carbonyl (C=O) groups is 1. The number of amides is 1. The molecule has 31 heavy (non-hydrogen) atoms. The van der Waals surface area contributed by atoms with Gasteiger partial charge in [0.25, 0.3) is 11.6 Å². The van der Waals surface area contributed by atoms with Crippen molar-refractivity contribution in [2.45, 2.75) is 0 Å². The minimum Gasteiger partial charge on any atom is -0.455 e. The average molecular weight is 414 g/mol. The lowest BCUT2D eigenvalue weighted by atomic mass is 10.1. The van der Waals surface area contributed by atoms with Gasteiger partial charge in [-0.3, -0.25) is 14.9 Å². The summed E-state index contributed by atoms with van der Waals surface area (Å²) < 4.78 is 5.59. The molecule has 1 amide bonds. The fourth-order valence-electron chi connectivity index (χ4n) is 3.10. The quantitative estimate of drug-likeness (QED) is 0.261. The first kappa shape index (κ1) is 19.8. The number of fused-ring (bicyclic) bond motifs is 1. The monoisotopic (exact) mass is 414 g/mol. The minimum absolute atomic E-state index is 0.0478. The molecule has 8 heteroatoms. The number of rotatable bonds is 7. The summed E-state index contributed by atoms with van der Waals surface area (Å²) in [5.74, 6) is 0.379. The summed E-state index contributed by atoms with van der Waals surface area (Å²) in [6.45, 7) is 0.0509. The molecule has 4 aromatic rings. The Morgan fingerprint density at radius 1 is 1.00 bits per heavy atom. The fourth-order valence-corrected chi connectivity index (χ4v) is 3.10. The van der Waals surface area contributed by atoms with Gasteiger partial charge >= 0.3 is 0 Å². The molecule has 0 aliphatic carbocycles. The maximum Gasteiger partial charge on any atom is 0.280 e. The van der Waals surface area contributed by atoms with Gasteiger partial charge in [0.2, 0.25) is 0 Å². The van der Waals surface area contributed by atoms with E-state index in [1.54, 1.807) is 30.3 Å². The van der Waals surface area contributed by atoms with E-state index in [-0.39, 0.29) is 18.1 Å². The molecule has 3 aromatic carbocycles. The lowest BCUT2D eigenvalue weighted by molar-refractivity contribution is -0.384. The first-order valence-electron chi connectivity index (χ1n) is 9.48. The highest BCUT2D eigenvalue weighted by Gasteiger charge is 2.16. The Morgan fingerprint density at radius 2 is 1.77 bits per heavy atom. The second-order valence-corrected chi connectivity index (χ2v) is 6.68. The Bertz CT molecular complexity index is 1280. The van der Waals surface area contributed by atoms with Gasteiger partial charge in [0.05, 0.1) is 23.2 Å². The Hall–Kier alpha value is -4.46. The van der Waals surface area contributed by atoms with Crippen LogP contribution in [0.3, 0.4) is 0 Å². The number of nitrogens with one attached hydrogen (secondary N) is 2. The van der Waals surface area contributed by atoms with Crippen LogP contribution in [0.1, 0.15) is 5.76 Å². The molecule has 0 radical (unpaired) electrons. The number of hydrazone groups is 1. The molecule has 0 atom stereocenters. The summed E-state index contributed by atoms with van der Waals surface area (Å²) in [6.07, 6.45) is 1.34. The summed E-state index contributed by atoms with van der Waals surface area (Å²) in [6, 6.07) is 23.4. The molecule has 0 aliphatic rings. The molecule has 2 N–H and O–H groups in total. The van der Waals surface area contributed by atoms with Crippen LogP contribution in [0.15, 0.2) is 88.4 Å². The van der Waals surface area contributed by atoms with Gasteiger partial charge in [-0.05, 0) is 41.1 Å². The van der Waals surface area contributed by atoms with Gasteiger partial charge in [0.1, 0.15) is 11.5 Å². The third kappa shape index (κ3) is 4.76. The Labute approximate surface area is 177 Å². The number of para-hydroxylation sites is 1. The SMILES string of the molecule is O=C(CNc1ccc2ccccc2c1)N/N=C\c1ccc(-c2ccccc2[N+](=O)[O-])o1. The van der Waals surface area contributed by atoms with E-state index < -0.39 is 4.92 Å². The molecule has 4 rings (SSSR count). The summed E-state index contributed by atoms with van der Waals surface area (Å²) in [5, 5.41) is 20.3. The highest BCUT2D eigenvalue weighted by Crippen LogP contribution is 2.30. The maximum absolute atomic E-state index is 12.0. The van der Waals surface area contributed by atoms with Crippen molar-refractivity contribution in [2.75, 3.05) is 11.9 Å². The zero-order valence-corrected chi connectivity index (χ0v) is 16.3. The molecule has 0 unspecified atom stereocenters.